The molecule has 4 heteroatoms. The van der Waals surface area contributed by atoms with E-state index in [1.54, 1.807) is 0 Å². The second kappa shape index (κ2) is 3.72. The van der Waals surface area contributed by atoms with E-state index in [0.717, 1.165) is 6.07 Å². The molecule has 1 aromatic rings. The van der Waals surface area contributed by atoms with Crippen LogP contribution in [-0.2, 0) is 0 Å². The average molecular weight is 200 g/mol. The van der Waals surface area contributed by atoms with Gasteiger partial charge < -0.3 is 5.11 Å². The van der Waals surface area contributed by atoms with Crippen molar-refractivity contribution in [3.05, 3.63) is 35.4 Å². The Morgan fingerprint density at radius 3 is 2.50 bits per heavy atom. The van der Waals surface area contributed by atoms with Crippen LogP contribution in [0.1, 0.15) is 17.2 Å². The zero-order valence-electron chi connectivity index (χ0n) is 7.05. The summed E-state index contributed by atoms with van der Waals surface area (Å²) in [7, 11) is 0. The Morgan fingerprint density at radius 1 is 1.36 bits per heavy atom. The monoisotopic (exact) mass is 200 g/mol. The lowest BCUT2D eigenvalue weighted by atomic mass is 10.1. The molecule has 1 N–H and O–H groups in total. The van der Waals surface area contributed by atoms with Gasteiger partial charge in [0.15, 0.2) is 6.10 Å². The first-order valence-corrected chi connectivity index (χ1v) is 3.76. The van der Waals surface area contributed by atoms with Crippen molar-refractivity contribution in [2.45, 2.75) is 12.3 Å². The molecule has 0 saturated heterocycles. The lowest BCUT2D eigenvalue weighted by molar-refractivity contribution is -0.206. The fourth-order valence-corrected chi connectivity index (χ4v) is 0.988. The number of rotatable bonds is 1. The lowest BCUT2D eigenvalue weighted by Gasteiger charge is -2.14. The van der Waals surface area contributed by atoms with Gasteiger partial charge in [-0.2, -0.15) is 13.2 Å². The maximum atomic E-state index is 12.1. The van der Waals surface area contributed by atoms with Gasteiger partial charge in [-0.15, -0.1) is 6.42 Å². The SMILES string of the molecule is C#Cc1cccc(C(O)C(F)(F)F)c1. The summed E-state index contributed by atoms with van der Waals surface area (Å²) < 4.78 is 36.2. The maximum absolute atomic E-state index is 12.1. The smallest absolute Gasteiger partial charge is 0.379 e. The molecule has 0 saturated carbocycles. The summed E-state index contributed by atoms with van der Waals surface area (Å²) in [5, 5.41) is 8.88. The summed E-state index contributed by atoms with van der Waals surface area (Å²) >= 11 is 0. The Labute approximate surface area is 79.2 Å². The first kappa shape index (κ1) is 10.6. The van der Waals surface area contributed by atoms with Gasteiger partial charge in [-0.05, 0) is 17.7 Å². The number of aliphatic hydroxyl groups excluding tert-OH is 1. The Bertz CT molecular complexity index is 362. The molecule has 1 aromatic carbocycles. The van der Waals surface area contributed by atoms with Crippen LogP contribution in [0.3, 0.4) is 0 Å². The molecule has 0 heterocycles. The van der Waals surface area contributed by atoms with Crippen LogP contribution in [0.2, 0.25) is 0 Å². The summed E-state index contributed by atoms with van der Waals surface area (Å²) in [5.74, 6) is 2.20. The highest BCUT2D eigenvalue weighted by Gasteiger charge is 2.39. The summed E-state index contributed by atoms with van der Waals surface area (Å²) in [4.78, 5) is 0. The highest BCUT2D eigenvalue weighted by atomic mass is 19.4. The minimum Gasteiger partial charge on any atom is -0.379 e. The first-order chi connectivity index (χ1) is 6.45. The van der Waals surface area contributed by atoms with E-state index in [1.165, 1.54) is 18.2 Å². The van der Waals surface area contributed by atoms with Crippen molar-refractivity contribution >= 4 is 0 Å². The quantitative estimate of drug-likeness (QED) is 0.689. The van der Waals surface area contributed by atoms with Gasteiger partial charge in [0.2, 0.25) is 0 Å². The molecule has 1 unspecified atom stereocenters. The zero-order valence-corrected chi connectivity index (χ0v) is 7.05. The molecule has 14 heavy (non-hydrogen) atoms. The minimum absolute atomic E-state index is 0.243. The van der Waals surface area contributed by atoms with Gasteiger partial charge in [-0.25, -0.2) is 0 Å². The van der Waals surface area contributed by atoms with Gasteiger partial charge in [0.25, 0.3) is 0 Å². The third-order valence-electron chi connectivity index (χ3n) is 1.68. The first-order valence-electron chi connectivity index (χ1n) is 3.76. The van der Waals surface area contributed by atoms with Crippen LogP contribution < -0.4 is 0 Å². The summed E-state index contributed by atoms with van der Waals surface area (Å²) in [6.07, 6.45) is -2.12. The van der Waals surface area contributed by atoms with Gasteiger partial charge in [0, 0.05) is 5.56 Å². The molecule has 0 bridgehead atoms. The van der Waals surface area contributed by atoms with Crippen molar-refractivity contribution in [3.63, 3.8) is 0 Å². The number of terminal acetylenes is 1. The largest absolute Gasteiger partial charge is 0.418 e. The van der Waals surface area contributed by atoms with Crippen LogP contribution in [0.5, 0.6) is 0 Å². The Balaban J connectivity index is 3.03. The second-order valence-electron chi connectivity index (χ2n) is 2.71. The summed E-state index contributed by atoms with van der Waals surface area (Å²) in [6.45, 7) is 0. The van der Waals surface area contributed by atoms with Crippen LogP contribution in [-0.4, -0.2) is 11.3 Å². The molecule has 0 aromatic heterocycles. The normalized spacial score (nSPS) is 13.4. The third-order valence-corrected chi connectivity index (χ3v) is 1.68. The number of hydrogen-bond acceptors (Lipinski definition) is 1. The van der Waals surface area contributed by atoms with Gasteiger partial charge >= 0.3 is 6.18 Å². The zero-order chi connectivity index (χ0) is 10.8. The van der Waals surface area contributed by atoms with Gasteiger partial charge in [-0.1, -0.05) is 18.1 Å². The fourth-order valence-electron chi connectivity index (χ4n) is 0.988. The Morgan fingerprint density at radius 2 is 2.00 bits per heavy atom. The molecule has 0 spiro atoms. The molecule has 74 valence electrons. The highest BCUT2D eigenvalue weighted by molar-refractivity contribution is 5.36. The number of aliphatic hydroxyl groups is 1. The van der Waals surface area contributed by atoms with E-state index in [4.69, 9.17) is 11.5 Å². The van der Waals surface area contributed by atoms with E-state index in [9.17, 15) is 13.2 Å². The van der Waals surface area contributed by atoms with E-state index in [-0.39, 0.29) is 5.56 Å². The topological polar surface area (TPSA) is 20.2 Å². The standard InChI is InChI=1S/C10H7F3O/c1-2-7-4-3-5-8(6-7)9(14)10(11,12)13/h1,3-6,9,14H. The Hall–Kier alpha value is -1.47. The molecule has 0 amide bonds. The van der Waals surface area contributed by atoms with Crippen LogP contribution in [0.15, 0.2) is 24.3 Å². The molecule has 1 rings (SSSR count). The van der Waals surface area contributed by atoms with Crippen LogP contribution in [0, 0.1) is 12.3 Å². The second-order valence-corrected chi connectivity index (χ2v) is 2.71. The molecule has 0 fully saturated rings. The molecule has 0 aliphatic heterocycles. The molecule has 1 nitrogen and oxygen atoms in total. The Kier molecular flexibility index (Phi) is 2.82. The van der Waals surface area contributed by atoms with Gasteiger partial charge in [-0.3, -0.25) is 0 Å². The maximum Gasteiger partial charge on any atom is 0.418 e. The minimum atomic E-state index is -4.66. The van der Waals surface area contributed by atoms with Crippen LogP contribution in [0.25, 0.3) is 0 Å². The predicted molar refractivity (Wildman–Crippen MR) is 45.4 cm³/mol. The molecule has 0 aliphatic carbocycles. The van der Waals surface area contributed by atoms with Crippen molar-refractivity contribution in [2.24, 2.45) is 0 Å². The lowest BCUT2D eigenvalue weighted by Crippen LogP contribution is -2.20. The number of benzene rings is 1. The molecular formula is C10H7F3O. The number of alkyl halides is 3. The van der Waals surface area contributed by atoms with Crippen molar-refractivity contribution < 1.29 is 18.3 Å². The van der Waals surface area contributed by atoms with E-state index < -0.39 is 12.3 Å². The summed E-state index contributed by atoms with van der Waals surface area (Å²) in [5.41, 5.74) is 0.0683. The molecular weight excluding hydrogens is 193 g/mol. The van der Waals surface area contributed by atoms with E-state index in [2.05, 4.69) is 5.92 Å². The third kappa shape index (κ3) is 2.27. The van der Waals surface area contributed by atoms with Gasteiger partial charge in [0.1, 0.15) is 0 Å². The molecule has 0 radical (unpaired) electrons. The van der Waals surface area contributed by atoms with Crippen molar-refractivity contribution in [3.8, 4) is 12.3 Å². The number of halogens is 3. The van der Waals surface area contributed by atoms with Crippen molar-refractivity contribution in [1.29, 1.82) is 0 Å². The van der Waals surface area contributed by atoms with Gasteiger partial charge in [0.05, 0.1) is 0 Å². The molecule has 0 aliphatic rings. The van der Waals surface area contributed by atoms with E-state index >= 15 is 0 Å². The highest BCUT2D eigenvalue weighted by Crippen LogP contribution is 2.32. The molecule has 1 atom stereocenters. The van der Waals surface area contributed by atoms with Crippen LogP contribution >= 0.6 is 0 Å². The van der Waals surface area contributed by atoms with E-state index in [0.29, 0.717) is 5.56 Å². The predicted octanol–water partition coefficient (Wildman–Crippen LogP) is 2.26. The average Bonchev–Trinajstić information content (AvgIpc) is 2.15. The fraction of sp³-hybridized carbons (Fsp3) is 0.200. The summed E-state index contributed by atoms with van der Waals surface area (Å²) in [6, 6.07) is 5.18. The van der Waals surface area contributed by atoms with E-state index in [1.807, 2.05) is 0 Å². The van der Waals surface area contributed by atoms with Crippen LogP contribution in [0.4, 0.5) is 13.2 Å². The van der Waals surface area contributed by atoms with Crippen molar-refractivity contribution in [1.82, 2.24) is 0 Å². The van der Waals surface area contributed by atoms with Crippen molar-refractivity contribution in [2.75, 3.05) is 0 Å². The number of hydrogen-bond donors (Lipinski definition) is 1.